The Hall–Kier alpha value is -3.36. The molecule has 2 unspecified atom stereocenters. The molecule has 0 aliphatic heterocycles. The summed E-state index contributed by atoms with van der Waals surface area (Å²) in [7, 11) is 0. The number of hydrogen-bond donors (Lipinski definition) is 0. The molecule has 0 heterocycles. The van der Waals surface area contributed by atoms with Crippen LogP contribution in [-0.2, 0) is 11.3 Å². The maximum absolute atomic E-state index is 6.37. The number of benzene rings is 4. The Bertz CT molecular complexity index is 1600. The van der Waals surface area contributed by atoms with E-state index in [2.05, 4.69) is 79.7 Å². The van der Waals surface area contributed by atoms with Crippen LogP contribution in [0.4, 0.5) is 0 Å². The first-order chi connectivity index (χ1) is 19.2. The van der Waals surface area contributed by atoms with Crippen LogP contribution >= 0.6 is 0 Å². The van der Waals surface area contributed by atoms with E-state index in [4.69, 9.17) is 9.47 Å². The van der Waals surface area contributed by atoms with Crippen molar-refractivity contribution in [3.63, 3.8) is 0 Å². The van der Waals surface area contributed by atoms with Gasteiger partial charge in [0.15, 0.2) is 0 Å². The van der Waals surface area contributed by atoms with Crippen LogP contribution in [0.5, 0.6) is 5.75 Å². The van der Waals surface area contributed by atoms with Gasteiger partial charge in [-0.25, -0.2) is 0 Å². The highest BCUT2D eigenvalue weighted by atomic mass is 16.5. The predicted molar refractivity (Wildman–Crippen MR) is 164 cm³/mol. The Morgan fingerprint density at radius 3 is 2.21 bits per heavy atom. The van der Waals surface area contributed by atoms with E-state index < -0.39 is 0 Å². The molecule has 0 radical (unpaired) electrons. The second-order valence-corrected chi connectivity index (χ2v) is 11.5. The van der Waals surface area contributed by atoms with Gasteiger partial charge in [0.25, 0.3) is 0 Å². The van der Waals surface area contributed by atoms with Gasteiger partial charge in [-0.3, -0.25) is 0 Å². The molecule has 3 aliphatic carbocycles. The van der Waals surface area contributed by atoms with Crippen molar-refractivity contribution in [1.29, 1.82) is 0 Å². The normalized spacial score (nSPS) is 20.4. The summed E-state index contributed by atoms with van der Waals surface area (Å²) < 4.78 is 12.0. The summed E-state index contributed by atoms with van der Waals surface area (Å²) >= 11 is 0. The minimum absolute atomic E-state index is 0.669. The van der Waals surface area contributed by atoms with E-state index in [0.717, 1.165) is 31.1 Å². The molecule has 1 saturated carbocycles. The third kappa shape index (κ3) is 4.30. The molecule has 3 aliphatic rings. The van der Waals surface area contributed by atoms with E-state index in [-0.39, 0.29) is 0 Å². The molecule has 2 atom stereocenters. The fourth-order valence-corrected chi connectivity index (χ4v) is 7.47. The Kier molecular flexibility index (Phi) is 6.52. The van der Waals surface area contributed by atoms with Crippen molar-refractivity contribution in [3.8, 4) is 5.75 Å². The second-order valence-electron chi connectivity index (χ2n) is 11.5. The highest BCUT2D eigenvalue weighted by molar-refractivity contribution is 6.15. The summed E-state index contributed by atoms with van der Waals surface area (Å²) in [6.07, 6.45) is 10.1. The lowest BCUT2D eigenvalue weighted by molar-refractivity contribution is 0.134. The summed E-state index contributed by atoms with van der Waals surface area (Å²) in [6, 6.07) is 25.1. The van der Waals surface area contributed by atoms with Gasteiger partial charge in [0.05, 0.1) is 13.2 Å². The molecule has 0 spiro atoms. The smallest absolute Gasteiger partial charge is 0.134 e. The van der Waals surface area contributed by atoms with Gasteiger partial charge < -0.3 is 9.47 Å². The van der Waals surface area contributed by atoms with Crippen LogP contribution in [0.2, 0.25) is 0 Å². The van der Waals surface area contributed by atoms with Crippen molar-refractivity contribution < 1.29 is 9.47 Å². The topological polar surface area (TPSA) is 18.5 Å². The highest BCUT2D eigenvalue weighted by Crippen LogP contribution is 2.53. The molecule has 39 heavy (non-hydrogen) atoms. The van der Waals surface area contributed by atoms with Crippen LogP contribution in [0.15, 0.2) is 72.8 Å². The third-order valence-electron chi connectivity index (χ3n) is 9.22. The average molecular weight is 515 g/mol. The molecule has 2 bridgehead atoms. The molecule has 4 aromatic carbocycles. The molecular formula is C37H38O2. The number of allylic oxidation sites excluding steroid dienone is 4. The Balaban J connectivity index is 1.41. The van der Waals surface area contributed by atoms with E-state index in [1.54, 1.807) is 5.57 Å². The zero-order valence-electron chi connectivity index (χ0n) is 23.3. The minimum Gasteiger partial charge on any atom is -0.493 e. The van der Waals surface area contributed by atoms with Crippen LogP contribution in [0.25, 0.3) is 38.3 Å². The summed E-state index contributed by atoms with van der Waals surface area (Å²) in [5.74, 6) is 2.48. The molecule has 2 heteroatoms. The molecule has 0 N–H and O–H groups in total. The van der Waals surface area contributed by atoms with Gasteiger partial charge in [-0.2, -0.15) is 0 Å². The standard InChI is InChI=1S/C37H38O2/c1-3-38-23-24-12-15-26(16-13-24)29-10-7-11-30(29)28-18-19-33-35(22-28)36(34-21-25-14-17-27(34)20-25)31-8-5-6-9-32(31)37(33)39-4-2/h5-6,8-9,12-13,15-16,18-19,21-22,25,27H,3-4,7,10-11,14,17,20,23H2,1-2H3. The van der Waals surface area contributed by atoms with E-state index in [1.807, 2.05) is 6.92 Å². The van der Waals surface area contributed by atoms with Crippen LogP contribution in [0.3, 0.4) is 0 Å². The van der Waals surface area contributed by atoms with Gasteiger partial charge in [-0.1, -0.05) is 66.7 Å². The number of fused-ring (bicyclic) bond motifs is 4. The largest absolute Gasteiger partial charge is 0.493 e. The predicted octanol–water partition coefficient (Wildman–Crippen LogP) is 9.84. The maximum atomic E-state index is 6.37. The van der Waals surface area contributed by atoms with Gasteiger partial charge in [0, 0.05) is 17.4 Å². The lowest BCUT2D eigenvalue weighted by Crippen LogP contribution is -2.02. The summed E-state index contributed by atoms with van der Waals surface area (Å²) in [5.41, 5.74) is 10.0. The van der Waals surface area contributed by atoms with E-state index in [1.165, 1.54) is 80.6 Å². The average Bonchev–Trinajstić information content (AvgIpc) is 3.74. The molecule has 1 fully saturated rings. The quantitative estimate of drug-likeness (QED) is 0.218. The van der Waals surface area contributed by atoms with E-state index >= 15 is 0 Å². The maximum Gasteiger partial charge on any atom is 0.134 e. The van der Waals surface area contributed by atoms with Gasteiger partial charge >= 0.3 is 0 Å². The van der Waals surface area contributed by atoms with Gasteiger partial charge in [0.1, 0.15) is 5.75 Å². The number of rotatable bonds is 8. The van der Waals surface area contributed by atoms with Crippen molar-refractivity contribution >= 4 is 38.3 Å². The lowest BCUT2D eigenvalue weighted by Gasteiger charge is -2.22. The van der Waals surface area contributed by atoms with Crippen molar-refractivity contribution in [2.45, 2.75) is 59.0 Å². The van der Waals surface area contributed by atoms with E-state index in [9.17, 15) is 0 Å². The number of ether oxygens (including phenoxy) is 2. The molecule has 0 amide bonds. The molecular weight excluding hydrogens is 476 g/mol. The Morgan fingerprint density at radius 2 is 1.49 bits per heavy atom. The minimum atomic E-state index is 0.669. The Morgan fingerprint density at radius 1 is 0.744 bits per heavy atom. The first kappa shape index (κ1) is 24.7. The third-order valence-corrected chi connectivity index (χ3v) is 9.22. The number of hydrogen-bond acceptors (Lipinski definition) is 2. The van der Waals surface area contributed by atoms with Crippen LogP contribution in [0, 0.1) is 11.8 Å². The fourth-order valence-electron chi connectivity index (χ4n) is 7.47. The molecule has 198 valence electrons. The van der Waals surface area contributed by atoms with E-state index in [0.29, 0.717) is 19.1 Å². The first-order valence-electron chi connectivity index (χ1n) is 15.0. The summed E-state index contributed by atoms with van der Waals surface area (Å²) in [5, 5.41) is 5.19. The van der Waals surface area contributed by atoms with Crippen LogP contribution in [-0.4, -0.2) is 13.2 Å². The first-order valence-corrected chi connectivity index (χ1v) is 15.0. The van der Waals surface area contributed by atoms with Crippen molar-refractivity contribution in [2.75, 3.05) is 13.2 Å². The molecule has 0 saturated heterocycles. The molecule has 0 aromatic heterocycles. The monoisotopic (exact) mass is 514 g/mol. The zero-order chi connectivity index (χ0) is 26.3. The van der Waals surface area contributed by atoms with Crippen molar-refractivity contribution in [3.05, 3.63) is 95.1 Å². The molecule has 4 aromatic rings. The van der Waals surface area contributed by atoms with Gasteiger partial charge in [-0.05, 0) is 120 Å². The highest BCUT2D eigenvalue weighted by Gasteiger charge is 2.35. The summed E-state index contributed by atoms with van der Waals surface area (Å²) in [6.45, 7) is 6.25. The van der Waals surface area contributed by atoms with Crippen molar-refractivity contribution in [1.82, 2.24) is 0 Å². The Labute approximate surface area is 232 Å². The summed E-state index contributed by atoms with van der Waals surface area (Å²) in [4.78, 5) is 0. The zero-order valence-corrected chi connectivity index (χ0v) is 23.3. The SMILES string of the molecule is CCOCc1ccc(C2=C(c3ccc4c(OCC)c5ccccc5c(C5=CC6CCC5C6)c4c3)CCC2)cc1. The van der Waals surface area contributed by atoms with Crippen molar-refractivity contribution in [2.24, 2.45) is 11.8 Å². The van der Waals surface area contributed by atoms with Gasteiger partial charge in [0.2, 0.25) is 0 Å². The van der Waals surface area contributed by atoms with Crippen LogP contribution < -0.4 is 4.74 Å². The lowest BCUT2D eigenvalue weighted by atomic mass is 9.84. The fraction of sp³-hybridized carbons (Fsp3) is 0.351. The van der Waals surface area contributed by atoms with Gasteiger partial charge in [-0.15, -0.1) is 0 Å². The van der Waals surface area contributed by atoms with Crippen LogP contribution in [0.1, 0.15) is 74.6 Å². The molecule has 7 rings (SSSR count). The second kappa shape index (κ2) is 10.3. The molecule has 2 nitrogen and oxygen atoms in total.